The van der Waals surface area contributed by atoms with Crippen LogP contribution in [-0.4, -0.2) is 28.3 Å². The Balaban J connectivity index is 4.12. The Labute approximate surface area is 62.8 Å². The zero-order valence-corrected chi connectivity index (χ0v) is 5.73. The van der Waals surface area contributed by atoms with Gasteiger partial charge in [-0.25, -0.2) is 0 Å². The van der Waals surface area contributed by atoms with Gasteiger partial charge in [0.1, 0.15) is 0 Å². The van der Waals surface area contributed by atoms with Crippen LogP contribution in [0.4, 0.5) is 0 Å². The average molecular weight is 162 g/mol. The summed E-state index contributed by atoms with van der Waals surface area (Å²) >= 11 is 0. The van der Waals surface area contributed by atoms with E-state index in [0.717, 1.165) is 0 Å². The third kappa shape index (κ3) is 3.54. The van der Waals surface area contributed by atoms with Gasteiger partial charge in [-0.3, -0.25) is 9.59 Å². The van der Waals surface area contributed by atoms with Crippen molar-refractivity contribution in [2.24, 2.45) is 17.4 Å². The molecule has 0 saturated carbocycles. The molecule has 6 nitrogen and oxygen atoms in total. The quantitative estimate of drug-likeness (QED) is 0.291. The zero-order chi connectivity index (χ0) is 9.02. The molecule has 0 heterocycles. The van der Waals surface area contributed by atoms with Crippen molar-refractivity contribution < 1.29 is 19.8 Å². The zero-order valence-electron chi connectivity index (χ0n) is 5.73. The first kappa shape index (κ1) is 9.86. The maximum Gasteiger partial charge on any atom is 0.317 e. The van der Waals surface area contributed by atoms with Crippen LogP contribution < -0.4 is 11.5 Å². The molecule has 0 aromatic rings. The summed E-state index contributed by atoms with van der Waals surface area (Å²) in [5.74, 6) is -4.34. The molecule has 0 radical (unpaired) electrons. The normalized spacial score (nSPS) is 10.5. The Morgan fingerprint density at radius 1 is 1.18 bits per heavy atom. The topological polar surface area (TPSA) is 127 Å². The highest BCUT2D eigenvalue weighted by Crippen LogP contribution is 2.03. The van der Waals surface area contributed by atoms with Gasteiger partial charge in [-0.1, -0.05) is 0 Å². The lowest BCUT2D eigenvalue weighted by Gasteiger charge is -2.08. The van der Waals surface area contributed by atoms with Gasteiger partial charge in [0.15, 0.2) is 5.92 Å². The van der Waals surface area contributed by atoms with Crippen LogP contribution in [0.15, 0.2) is 0 Å². The lowest BCUT2D eigenvalue weighted by Crippen LogP contribution is -2.37. The van der Waals surface area contributed by atoms with E-state index in [1.54, 1.807) is 0 Å². The Morgan fingerprint density at radius 3 is 1.64 bits per heavy atom. The highest BCUT2D eigenvalue weighted by atomic mass is 16.4. The van der Waals surface area contributed by atoms with E-state index in [1.165, 1.54) is 0 Å². The number of aliphatic carboxylic acids is 2. The first-order chi connectivity index (χ1) is 4.95. The fraction of sp³-hybridized carbons (Fsp3) is 0.600. The van der Waals surface area contributed by atoms with Crippen LogP contribution in [0.3, 0.4) is 0 Å². The second-order valence-corrected chi connectivity index (χ2v) is 2.13. The van der Waals surface area contributed by atoms with Gasteiger partial charge >= 0.3 is 11.9 Å². The van der Waals surface area contributed by atoms with Gasteiger partial charge in [0.25, 0.3) is 0 Å². The second kappa shape index (κ2) is 3.89. The summed E-state index contributed by atoms with van der Waals surface area (Å²) < 4.78 is 0. The molecule has 0 rings (SSSR count). The molecule has 0 aliphatic carbocycles. The molecule has 11 heavy (non-hydrogen) atoms. The molecule has 0 aliphatic rings. The van der Waals surface area contributed by atoms with Gasteiger partial charge < -0.3 is 21.7 Å². The number of rotatable bonds is 4. The first-order valence-electron chi connectivity index (χ1n) is 2.92. The lowest BCUT2D eigenvalue weighted by atomic mass is 10.1. The van der Waals surface area contributed by atoms with Crippen LogP contribution in [0.2, 0.25) is 0 Å². The predicted octanol–water partition coefficient (Wildman–Crippen LogP) is -1.59. The number of hydrogen-bond acceptors (Lipinski definition) is 4. The summed E-state index contributed by atoms with van der Waals surface area (Å²) in [5.41, 5.74) is 10.0. The molecular formula is C5H10N2O4. The van der Waals surface area contributed by atoms with Crippen LogP contribution in [0.1, 0.15) is 6.42 Å². The Bertz CT molecular complexity index is 154. The molecule has 0 aromatic carbocycles. The van der Waals surface area contributed by atoms with E-state index in [2.05, 4.69) is 0 Å². The Hall–Kier alpha value is -1.14. The molecule has 6 heteroatoms. The molecule has 0 atom stereocenters. The highest BCUT2D eigenvalue weighted by molar-refractivity contribution is 5.92. The van der Waals surface area contributed by atoms with E-state index in [-0.39, 0.29) is 6.42 Å². The van der Waals surface area contributed by atoms with E-state index in [9.17, 15) is 9.59 Å². The minimum atomic E-state index is -1.50. The fourth-order valence-corrected chi connectivity index (χ4v) is 0.579. The van der Waals surface area contributed by atoms with Crippen LogP contribution in [-0.2, 0) is 9.59 Å². The van der Waals surface area contributed by atoms with Crippen LogP contribution in [0.25, 0.3) is 0 Å². The van der Waals surface area contributed by atoms with Gasteiger partial charge in [0.2, 0.25) is 0 Å². The van der Waals surface area contributed by atoms with E-state index >= 15 is 0 Å². The third-order valence-corrected chi connectivity index (χ3v) is 1.10. The number of carboxylic acid groups (broad SMARTS) is 2. The molecule has 6 N–H and O–H groups in total. The van der Waals surface area contributed by atoms with Crippen molar-refractivity contribution in [2.75, 3.05) is 0 Å². The third-order valence-electron chi connectivity index (χ3n) is 1.10. The number of hydrogen-bond donors (Lipinski definition) is 4. The summed E-state index contributed by atoms with van der Waals surface area (Å²) in [6.45, 7) is 0. The minimum absolute atomic E-state index is 0.259. The lowest BCUT2D eigenvalue weighted by molar-refractivity contribution is -0.155. The highest BCUT2D eigenvalue weighted by Gasteiger charge is 2.26. The maximum absolute atomic E-state index is 10.2. The Kier molecular flexibility index (Phi) is 3.49. The van der Waals surface area contributed by atoms with Crippen molar-refractivity contribution in [1.29, 1.82) is 0 Å². The van der Waals surface area contributed by atoms with E-state index < -0.39 is 24.0 Å². The van der Waals surface area contributed by atoms with E-state index in [4.69, 9.17) is 21.7 Å². The standard InChI is InChI=1S/C5H10N2O4/c6-3(7)1-2(4(8)9)5(10)11/h2-3H,1,6-7H2,(H,8,9)(H,10,11). The van der Waals surface area contributed by atoms with Gasteiger partial charge in [-0.05, 0) is 6.42 Å². The maximum atomic E-state index is 10.2. The number of carboxylic acids is 2. The van der Waals surface area contributed by atoms with Crippen molar-refractivity contribution >= 4 is 11.9 Å². The molecule has 0 bridgehead atoms. The van der Waals surface area contributed by atoms with Crippen LogP contribution >= 0.6 is 0 Å². The summed E-state index contributed by atoms with van der Waals surface area (Å²) in [7, 11) is 0. The molecule has 0 fully saturated rings. The average Bonchev–Trinajstić information content (AvgIpc) is 1.81. The fourth-order valence-electron chi connectivity index (χ4n) is 0.579. The predicted molar refractivity (Wildman–Crippen MR) is 35.5 cm³/mol. The van der Waals surface area contributed by atoms with Crippen LogP contribution in [0, 0.1) is 5.92 Å². The molecule has 0 spiro atoms. The largest absolute Gasteiger partial charge is 0.481 e. The molecular weight excluding hydrogens is 152 g/mol. The van der Waals surface area contributed by atoms with Crippen molar-refractivity contribution in [1.82, 2.24) is 0 Å². The van der Waals surface area contributed by atoms with Crippen LogP contribution in [0.5, 0.6) is 0 Å². The number of carbonyl (C=O) groups is 2. The monoisotopic (exact) mass is 162 g/mol. The summed E-state index contributed by atoms with van der Waals surface area (Å²) in [6.07, 6.45) is -1.17. The molecule has 64 valence electrons. The SMILES string of the molecule is NC(N)CC(C(=O)O)C(=O)O. The second-order valence-electron chi connectivity index (χ2n) is 2.13. The van der Waals surface area contributed by atoms with E-state index in [1.807, 2.05) is 0 Å². The van der Waals surface area contributed by atoms with Gasteiger partial charge in [0, 0.05) is 0 Å². The molecule has 0 saturated heterocycles. The summed E-state index contributed by atoms with van der Waals surface area (Å²) in [6, 6.07) is 0. The Morgan fingerprint density at radius 2 is 1.55 bits per heavy atom. The molecule has 0 unspecified atom stereocenters. The van der Waals surface area contributed by atoms with Gasteiger partial charge in [0.05, 0.1) is 6.17 Å². The van der Waals surface area contributed by atoms with E-state index in [0.29, 0.717) is 0 Å². The van der Waals surface area contributed by atoms with Crippen molar-refractivity contribution in [3.8, 4) is 0 Å². The first-order valence-corrected chi connectivity index (χ1v) is 2.92. The van der Waals surface area contributed by atoms with Crippen molar-refractivity contribution in [3.05, 3.63) is 0 Å². The molecule has 0 amide bonds. The summed E-state index contributed by atoms with van der Waals surface area (Å²) in [5, 5.41) is 16.6. The smallest absolute Gasteiger partial charge is 0.317 e. The minimum Gasteiger partial charge on any atom is -0.481 e. The summed E-state index contributed by atoms with van der Waals surface area (Å²) in [4.78, 5) is 20.4. The molecule has 0 aromatic heterocycles. The van der Waals surface area contributed by atoms with Crippen molar-refractivity contribution in [3.63, 3.8) is 0 Å². The van der Waals surface area contributed by atoms with Crippen molar-refractivity contribution in [2.45, 2.75) is 12.6 Å². The molecule has 0 aliphatic heterocycles. The number of nitrogens with two attached hydrogens (primary N) is 2. The van der Waals surface area contributed by atoms with Gasteiger partial charge in [-0.15, -0.1) is 0 Å². The van der Waals surface area contributed by atoms with Gasteiger partial charge in [-0.2, -0.15) is 0 Å².